The van der Waals surface area contributed by atoms with Crippen LogP contribution in [0.4, 0.5) is 0 Å². The van der Waals surface area contributed by atoms with Gasteiger partial charge >= 0.3 is 5.97 Å². The van der Waals surface area contributed by atoms with Crippen LogP contribution in [-0.4, -0.2) is 11.1 Å². The van der Waals surface area contributed by atoms with E-state index in [2.05, 4.69) is 5.16 Å². The molecule has 0 unspecified atom stereocenters. The lowest BCUT2D eigenvalue weighted by atomic mass is 10.1. The highest BCUT2D eigenvalue weighted by Gasteiger charge is 2.12. The maximum absolute atomic E-state index is 12.1. The lowest BCUT2D eigenvalue weighted by Crippen LogP contribution is -2.07. The molecule has 2 heterocycles. The molecule has 0 amide bonds. The minimum absolute atomic E-state index is 0.376. The highest BCUT2D eigenvalue weighted by Crippen LogP contribution is 2.26. The average molecular weight is 347 g/mol. The third-order valence-electron chi connectivity index (χ3n) is 3.67. The van der Waals surface area contributed by atoms with Crippen molar-refractivity contribution in [1.82, 2.24) is 5.16 Å². The minimum Gasteiger partial charge on any atom is -0.412 e. The van der Waals surface area contributed by atoms with Crippen molar-refractivity contribution in [3.05, 3.63) is 83.7 Å². The van der Waals surface area contributed by atoms with Gasteiger partial charge in [0.25, 0.3) is 0 Å². The van der Waals surface area contributed by atoms with Gasteiger partial charge in [-0.2, -0.15) is 0 Å². The number of thiophene rings is 1. The lowest BCUT2D eigenvalue weighted by Gasteiger charge is -2.02. The van der Waals surface area contributed by atoms with E-state index in [9.17, 15) is 4.79 Å². The molecule has 25 heavy (non-hydrogen) atoms. The summed E-state index contributed by atoms with van der Waals surface area (Å²) in [6, 6.07) is 22.4. The molecular weight excluding hydrogens is 334 g/mol. The van der Waals surface area contributed by atoms with Gasteiger partial charge in [-0.15, -0.1) is 11.3 Å². The number of hydrogen-bond acceptors (Lipinski definition) is 5. The van der Waals surface area contributed by atoms with Crippen molar-refractivity contribution in [1.29, 1.82) is 0 Å². The predicted molar refractivity (Wildman–Crippen MR) is 96.7 cm³/mol. The van der Waals surface area contributed by atoms with Crippen LogP contribution < -0.4 is 4.74 Å². The number of carbonyl (C=O) groups is 1. The van der Waals surface area contributed by atoms with E-state index >= 15 is 0 Å². The summed E-state index contributed by atoms with van der Waals surface area (Å²) in [5.74, 6) is 0.330. The molecule has 0 aliphatic heterocycles. The van der Waals surface area contributed by atoms with E-state index in [0.717, 1.165) is 16.8 Å². The Morgan fingerprint density at radius 3 is 2.44 bits per heavy atom. The molecule has 4 aromatic rings. The summed E-state index contributed by atoms with van der Waals surface area (Å²) in [4.78, 5) is 12.1. The van der Waals surface area contributed by atoms with Crippen LogP contribution in [0.1, 0.15) is 10.4 Å². The van der Waals surface area contributed by atoms with E-state index in [0.29, 0.717) is 16.4 Å². The van der Waals surface area contributed by atoms with Gasteiger partial charge in [0.1, 0.15) is 5.69 Å². The van der Waals surface area contributed by atoms with E-state index in [1.54, 1.807) is 18.2 Å². The van der Waals surface area contributed by atoms with Crippen molar-refractivity contribution in [2.75, 3.05) is 0 Å². The second-order valence-corrected chi connectivity index (χ2v) is 6.25. The van der Waals surface area contributed by atoms with Crippen molar-refractivity contribution in [2.45, 2.75) is 0 Å². The van der Waals surface area contributed by atoms with Gasteiger partial charge in [-0.05, 0) is 29.6 Å². The molecule has 0 atom stereocenters. The molecule has 0 aliphatic carbocycles. The summed E-state index contributed by atoms with van der Waals surface area (Å²) in [6.07, 6.45) is 0. The summed E-state index contributed by atoms with van der Waals surface area (Å²) < 4.78 is 10.7. The van der Waals surface area contributed by atoms with Crippen molar-refractivity contribution >= 4 is 17.3 Å². The third kappa shape index (κ3) is 3.36. The molecule has 0 bridgehead atoms. The lowest BCUT2D eigenvalue weighted by molar-refractivity contribution is 0.0740. The van der Waals surface area contributed by atoms with Gasteiger partial charge in [0.15, 0.2) is 10.8 Å². The fourth-order valence-corrected chi connectivity index (χ4v) is 2.97. The van der Waals surface area contributed by atoms with Crippen LogP contribution in [0.25, 0.3) is 22.6 Å². The highest BCUT2D eigenvalue weighted by atomic mass is 32.1. The Hall–Kier alpha value is -3.18. The van der Waals surface area contributed by atoms with Crippen LogP contribution in [0, 0.1) is 0 Å². The van der Waals surface area contributed by atoms with Crippen molar-refractivity contribution in [2.24, 2.45) is 0 Å². The molecule has 4 rings (SSSR count). The second kappa shape index (κ2) is 6.75. The normalized spacial score (nSPS) is 10.6. The molecule has 0 saturated heterocycles. The maximum atomic E-state index is 12.1. The van der Waals surface area contributed by atoms with Crippen molar-refractivity contribution in [3.63, 3.8) is 0 Å². The number of hydrogen-bond donors (Lipinski definition) is 0. The predicted octanol–water partition coefficient (Wildman–Crippen LogP) is 5.29. The Morgan fingerprint density at radius 1 is 0.920 bits per heavy atom. The van der Waals surface area contributed by atoms with E-state index in [-0.39, 0.29) is 5.97 Å². The topological polar surface area (TPSA) is 52.3 Å². The number of carbonyl (C=O) groups excluding carboxylic acids is 1. The summed E-state index contributed by atoms with van der Waals surface area (Å²) in [5.41, 5.74) is 3.05. The van der Waals surface area contributed by atoms with Gasteiger partial charge < -0.3 is 9.26 Å². The molecule has 5 heteroatoms. The number of nitrogens with zero attached hydrogens (tertiary/aromatic N) is 1. The van der Waals surface area contributed by atoms with Gasteiger partial charge in [0, 0.05) is 17.2 Å². The first-order valence-corrected chi connectivity index (χ1v) is 8.56. The first-order valence-electron chi connectivity index (χ1n) is 7.68. The van der Waals surface area contributed by atoms with Crippen LogP contribution >= 0.6 is 11.3 Å². The van der Waals surface area contributed by atoms with E-state index < -0.39 is 0 Å². The molecule has 2 aromatic heterocycles. The Kier molecular flexibility index (Phi) is 4.14. The number of benzene rings is 2. The van der Waals surface area contributed by atoms with E-state index in [1.165, 1.54) is 11.3 Å². The fourth-order valence-electron chi connectivity index (χ4n) is 2.40. The van der Waals surface area contributed by atoms with E-state index in [4.69, 9.17) is 9.26 Å². The third-order valence-corrected chi connectivity index (χ3v) is 4.42. The molecular formula is C20H13NO3S. The molecule has 0 saturated carbocycles. The molecule has 0 N–H and O–H groups in total. The molecule has 0 radical (unpaired) electrons. The monoisotopic (exact) mass is 347 g/mol. The largest absolute Gasteiger partial charge is 0.412 e. The zero-order chi connectivity index (χ0) is 17.1. The SMILES string of the molecule is O=C(Oc1cccs1)c1ccc(-c2cc(-c3ccccc3)on2)cc1. The van der Waals surface area contributed by atoms with Gasteiger partial charge in [0.05, 0.1) is 5.56 Å². The fraction of sp³-hybridized carbons (Fsp3) is 0. The summed E-state index contributed by atoms with van der Waals surface area (Å²) >= 11 is 1.38. The summed E-state index contributed by atoms with van der Waals surface area (Å²) in [5, 5.41) is 6.55. The van der Waals surface area contributed by atoms with Crippen LogP contribution in [0.15, 0.2) is 82.7 Å². The van der Waals surface area contributed by atoms with E-state index in [1.807, 2.05) is 60.0 Å². The average Bonchev–Trinajstić information content (AvgIpc) is 3.34. The number of rotatable bonds is 4. The van der Waals surface area contributed by atoms with Crippen molar-refractivity contribution in [3.8, 4) is 27.6 Å². The van der Waals surface area contributed by atoms with Crippen LogP contribution in [0.5, 0.6) is 5.06 Å². The van der Waals surface area contributed by atoms with Crippen molar-refractivity contribution < 1.29 is 14.1 Å². The van der Waals surface area contributed by atoms with Gasteiger partial charge in [-0.1, -0.05) is 47.6 Å². The first-order chi connectivity index (χ1) is 12.3. The highest BCUT2D eigenvalue weighted by molar-refractivity contribution is 7.11. The number of ether oxygens (including phenoxy) is 1. The quantitative estimate of drug-likeness (QED) is 0.471. The van der Waals surface area contributed by atoms with Gasteiger partial charge in [0.2, 0.25) is 0 Å². The molecule has 0 spiro atoms. The Balaban J connectivity index is 1.52. The van der Waals surface area contributed by atoms with Gasteiger partial charge in [-0.25, -0.2) is 4.79 Å². The molecule has 122 valence electrons. The summed E-state index contributed by atoms with van der Waals surface area (Å²) in [7, 11) is 0. The zero-order valence-corrected chi connectivity index (χ0v) is 13.9. The molecule has 0 aliphatic rings. The zero-order valence-electron chi connectivity index (χ0n) is 13.1. The number of aromatic nitrogens is 1. The van der Waals surface area contributed by atoms with Gasteiger partial charge in [-0.3, -0.25) is 0 Å². The maximum Gasteiger partial charge on any atom is 0.344 e. The van der Waals surface area contributed by atoms with Crippen LogP contribution in [-0.2, 0) is 0 Å². The Bertz CT molecular complexity index is 973. The Labute approximate surface area is 148 Å². The first kappa shape index (κ1) is 15.4. The molecule has 4 nitrogen and oxygen atoms in total. The number of esters is 1. The smallest absolute Gasteiger partial charge is 0.344 e. The van der Waals surface area contributed by atoms with Crippen LogP contribution in [0.2, 0.25) is 0 Å². The summed E-state index contributed by atoms with van der Waals surface area (Å²) in [6.45, 7) is 0. The second-order valence-electron chi connectivity index (χ2n) is 5.34. The van der Waals surface area contributed by atoms with Crippen LogP contribution in [0.3, 0.4) is 0 Å². The Morgan fingerprint density at radius 2 is 1.72 bits per heavy atom. The standard InChI is InChI=1S/C20H13NO3S/c22-20(23-19-7-4-12-25-19)16-10-8-14(9-11-16)17-13-18(24-21-17)15-5-2-1-3-6-15/h1-13H. The molecule has 0 fully saturated rings. The minimum atomic E-state index is -0.376. The molecule has 2 aromatic carbocycles.